The maximum absolute atomic E-state index is 12.6. The summed E-state index contributed by atoms with van der Waals surface area (Å²) in [5.74, 6) is -1.95. The average Bonchev–Trinajstić information content (AvgIpc) is 2.62. The highest BCUT2D eigenvalue weighted by Gasteiger charge is 2.76. The van der Waals surface area contributed by atoms with E-state index in [1.165, 1.54) is 0 Å². The molecule has 116 valence electrons. The van der Waals surface area contributed by atoms with Gasteiger partial charge in [-0.25, -0.2) is 0 Å². The molecule has 0 saturated heterocycles. The molecule has 0 aromatic heterocycles. The predicted octanol–water partition coefficient (Wildman–Crippen LogP) is 2.58. The molecular weight excluding hydrogens is 356 g/mol. The van der Waals surface area contributed by atoms with Gasteiger partial charge in [0, 0.05) is 26.7 Å². The second-order valence-corrected chi connectivity index (χ2v) is 6.77. The van der Waals surface area contributed by atoms with Crippen LogP contribution in [-0.2, 0) is 4.79 Å². The lowest BCUT2D eigenvalue weighted by Crippen LogP contribution is -2.55. The minimum atomic E-state index is -2.07. The maximum atomic E-state index is 12.6. The molecule has 8 heteroatoms. The van der Waals surface area contributed by atoms with Crippen molar-refractivity contribution in [1.29, 1.82) is 0 Å². The van der Waals surface area contributed by atoms with Gasteiger partial charge in [0.2, 0.25) is 5.78 Å². The van der Waals surface area contributed by atoms with Gasteiger partial charge >= 0.3 is 5.54 Å². The average molecular weight is 369 g/mol. The molecule has 3 rings (SSSR count). The second kappa shape index (κ2) is 5.12. The molecule has 1 aromatic carbocycles. The first-order valence-corrected chi connectivity index (χ1v) is 7.76. The second-order valence-electron chi connectivity index (χ2n) is 5.85. The third-order valence-electron chi connectivity index (χ3n) is 4.91. The van der Waals surface area contributed by atoms with Crippen molar-refractivity contribution in [1.82, 2.24) is 0 Å². The third kappa shape index (κ3) is 1.89. The zero-order valence-corrected chi connectivity index (χ0v) is 13.1. The number of rotatable bonds is 3. The highest BCUT2D eigenvalue weighted by atomic mass is 79.9. The monoisotopic (exact) mass is 368 g/mol. The van der Waals surface area contributed by atoms with E-state index >= 15 is 0 Å². The van der Waals surface area contributed by atoms with Gasteiger partial charge in [0.05, 0.1) is 5.92 Å². The number of fused-ring (bicyclic) bond motifs is 2. The first-order chi connectivity index (χ1) is 10.4. The molecule has 0 N–H and O–H groups in total. The summed E-state index contributed by atoms with van der Waals surface area (Å²) in [6.07, 6.45) is 0.891. The number of ketones is 1. The number of Topliss-reactive ketones (excluding diaryl/α,β-unsaturated/α-hetero) is 1. The topological polar surface area (TPSA) is 103 Å². The van der Waals surface area contributed by atoms with Gasteiger partial charge < -0.3 is 0 Å². The van der Waals surface area contributed by atoms with Gasteiger partial charge in [-0.05, 0) is 30.5 Å². The molecule has 0 amide bonds. The van der Waals surface area contributed by atoms with Crippen molar-refractivity contribution >= 4 is 21.7 Å². The molecule has 2 aliphatic carbocycles. The van der Waals surface area contributed by atoms with E-state index in [0.717, 1.165) is 4.47 Å². The summed E-state index contributed by atoms with van der Waals surface area (Å²) in [5, 5.41) is 23.2. The van der Waals surface area contributed by atoms with Crippen LogP contribution in [0.2, 0.25) is 0 Å². The molecule has 2 bridgehead atoms. The van der Waals surface area contributed by atoms with Crippen molar-refractivity contribution in [2.75, 3.05) is 0 Å². The van der Waals surface area contributed by atoms with Crippen LogP contribution in [-0.4, -0.2) is 27.2 Å². The molecule has 7 nitrogen and oxygen atoms in total. The highest BCUT2D eigenvalue weighted by molar-refractivity contribution is 9.10. The van der Waals surface area contributed by atoms with Crippen molar-refractivity contribution < 1.29 is 14.6 Å². The minimum absolute atomic E-state index is 0.0476. The Morgan fingerprint density at radius 1 is 1.18 bits per heavy atom. The molecule has 22 heavy (non-hydrogen) atoms. The number of hydrogen-bond donors (Lipinski definition) is 0. The van der Waals surface area contributed by atoms with E-state index in [4.69, 9.17) is 0 Å². The molecule has 0 heterocycles. The van der Waals surface area contributed by atoms with Crippen LogP contribution >= 0.6 is 15.9 Å². The Morgan fingerprint density at radius 3 is 2.36 bits per heavy atom. The van der Waals surface area contributed by atoms with E-state index in [1.807, 2.05) is 0 Å². The van der Waals surface area contributed by atoms with Crippen LogP contribution in [0.4, 0.5) is 0 Å². The van der Waals surface area contributed by atoms with Gasteiger partial charge in [0.1, 0.15) is 0 Å². The van der Waals surface area contributed by atoms with Gasteiger partial charge in [0.15, 0.2) is 0 Å². The lowest BCUT2D eigenvalue weighted by molar-refractivity contribution is -0.637. The molecular formula is C14H13BrN2O5. The first kappa shape index (κ1) is 15.1. The molecule has 0 radical (unpaired) electrons. The van der Waals surface area contributed by atoms with Crippen molar-refractivity contribution in [2.24, 2.45) is 5.92 Å². The lowest BCUT2D eigenvalue weighted by atomic mass is 9.80. The normalized spacial score (nSPS) is 33.7. The minimum Gasteiger partial charge on any atom is -0.291 e. The standard InChI is InChI=1S/C14H13BrN2O5/c15-9-5-3-8(4-6-9)11-10-2-1-7-14(13(10)18,17(21)22)12(11)16(19)20/h3-6,10-12H,1-2,7H2/t10-,11-,12?,14+/m1/s1. The highest BCUT2D eigenvalue weighted by Crippen LogP contribution is 2.53. The molecule has 2 fully saturated rings. The Labute approximate surface area is 134 Å². The summed E-state index contributed by atoms with van der Waals surface area (Å²) in [6.45, 7) is 0. The Kier molecular flexibility index (Phi) is 3.51. The van der Waals surface area contributed by atoms with E-state index in [0.29, 0.717) is 18.4 Å². The molecule has 0 spiro atoms. The van der Waals surface area contributed by atoms with Crippen molar-refractivity contribution in [3.63, 3.8) is 0 Å². The Morgan fingerprint density at radius 2 is 1.82 bits per heavy atom. The molecule has 2 saturated carbocycles. The number of nitro groups is 2. The van der Waals surface area contributed by atoms with E-state index < -0.39 is 39.0 Å². The third-order valence-corrected chi connectivity index (χ3v) is 5.44. The molecule has 2 aliphatic rings. The number of benzene rings is 1. The summed E-state index contributed by atoms with van der Waals surface area (Å²) in [7, 11) is 0. The Hall–Kier alpha value is -1.83. The number of nitrogens with zero attached hydrogens (tertiary/aromatic N) is 2. The summed E-state index contributed by atoms with van der Waals surface area (Å²) in [4.78, 5) is 34.4. The van der Waals surface area contributed by atoms with Crippen molar-refractivity contribution in [2.45, 2.75) is 36.8 Å². The summed E-state index contributed by atoms with van der Waals surface area (Å²) < 4.78 is 0.810. The zero-order valence-electron chi connectivity index (χ0n) is 11.5. The van der Waals surface area contributed by atoms with Crippen LogP contribution in [0.1, 0.15) is 30.7 Å². The Balaban J connectivity index is 2.17. The van der Waals surface area contributed by atoms with Crippen LogP contribution in [0.3, 0.4) is 0 Å². The van der Waals surface area contributed by atoms with Crippen LogP contribution in [0, 0.1) is 26.1 Å². The fraction of sp³-hybridized carbons (Fsp3) is 0.500. The summed E-state index contributed by atoms with van der Waals surface area (Å²) in [5.41, 5.74) is -1.45. The Bertz CT molecular complexity index is 662. The molecule has 1 unspecified atom stereocenters. The van der Waals surface area contributed by atoms with E-state index in [1.54, 1.807) is 24.3 Å². The van der Waals surface area contributed by atoms with Gasteiger partial charge in [-0.2, -0.15) is 0 Å². The van der Waals surface area contributed by atoms with Crippen LogP contribution in [0.25, 0.3) is 0 Å². The van der Waals surface area contributed by atoms with Gasteiger partial charge in [0.25, 0.3) is 6.04 Å². The van der Waals surface area contributed by atoms with E-state index in [9.17, 15) is 25.0 Å². The first-order valence-electron chi connectivity index (χ1n) is 6.97. The lowest BCUT2D eigenvalue weighted by Gasteiger charge is -2.23. The van der Waals surface area contributed by atoms with Crippen molar-refractivity contribution in [3.8, 4) is 0 Å². The molecule has 0 aliphatic heterocycles. The number of hydrogen-bond acceptors (Lipinski definition) is 5. The van der Waals surface area contributed by atoms with Gasteiger partial charge in [-0.3, -0.25) is 25.0 Å². The summed E-state index contributed by atoms with van der Waals surface area (Å²) >= 11 is 3.29. The van der Waals surface area contributed by atoms with E-state index in [-0.39, 0.29) is 6.42 Å². The van der Waals surface area contributed by atoms with Crippen molar-refractivity contribution in [3.05, 3.63) is 54.5 Å². The molecule has 4 atom stereocenters. The fourth-order valence-electron chi connectivity index (χ4n) is 4.01. The number of carbonyl (C=O) groups is 1. The van der Waals surface area contributed by atoms with Crippen LogP contribution < -0.4 is 0 Å². The zero-order chi connectivity index (χ0) is 16.1. The maximum Gasteiger partial charge on any atom is 0.345 e. The predicted molar refractivity (Wildman–Crippen MR) is 79.7 cm³/mol. The van der Waals surface area contributed by atoms with Gasteiger partial charge in [-0.15, -0.1) is 0 Å². The van der Waals surface area contributed by atoms with Gasteiger partial charge in [-0.1, -0.05) is 28.1 Å². The SMILES string of the molecule is O=C1[C@@H]2CCC[C@]1([N+](=O)[O-])C([N+](=O)[O-])[C@@H]2c1ccc(Br)cc1. The largest absolute Gasteiger partial charge is 0.345 e. The van der Waals surface area contributed by atoms with Crippen LogP contribution in [0.15, 0.2) is 28.7 Å². The number of carbonyl (C=O) groups excluding carboxylic acids is 1. The van der Waals surface area contributed by atoms with Crippen LogP contribution in [0.5, 0.6) is 0 Å². The fourth-order valence-corrected chi connectivity index (χ4v) is 4.28. The quantitative estimate of drug-likeness (QED) is 0.602. The smallest absolute Gasteiger partial charge is 0.291 e. The molecule has 1 aromatic rings. The summed E-state index contributed by atoms with van der Waals surface area (Å²) in [6, 6.07) is 5.37. The van der Waals surface area contributed by atoms with E-state index in [2.05, 4.69) is 15.9 Å². The number of halogens is 1.